The van der Waals surface area contributed by atoms with Crippen molar-refractivity contribution in [2.45, 2.75) is 57.2 Å². The molecular formula is C21H30N4O3. The molecule has 7 nitrogen and oxygen atoms in total. The number of aromatic nitrogens is 1. The molecule has 0 aromatic carbocycles. The average molecular weight is 386 g/mol. The molecule has 1 aliphatic carbocycles. The van der Waals surface area contributed by atoms with E-state index >= 15 is 0 Å². The van der Waals surface area contributed by atoms with Gasteiger partial charge in [-0.2, -0.15) is 0 Å². The van der Waals surface area contributed by atoms with Crippen molar-refractivity contribution in [2.75, 3.05) is 27.2 Å². The molecule has 0 saturated heterocycles. The summed E-state index contributed by atoms with van der Waals surface area (Å²) in [5, 5.41) is 3.25. The molecule has 2 aliphatic rings. The van der Waals surface area contributed by atoms with Crippen LogP contribution in [-0.2, 0) is 11.3 Å². The number of hydrogen-bond donors (Lipinski definition) is 1. The predicted octanol–water partition coefficient (Wildman–Crippen LogP) is 2.46. The van der Waals surface area contributed by atoms with Crippen molar-refractivity contribution < 1.29 is 14.0 Å². The smallest absolute Gasteiger partial charge is 0.271 e. The maximum Gasteiger partial charge on any atom is 0.271 e. The lowest BCUT2D eigenvalue weighted by atomic mass is 9.91. The molecule has 0 bridgehead atoms. The zero-order valence-electron chi connectivity index (χ0n) is 17.0. The van der Waals surface area contributed by atoms with E-state index in [1.54, 1.807) is 17.2 Å². The molecule has 4 rings (SSSR count). The van der Waals surface area contributed by atoms with Crippen molar-refractivity contribution in [3.8, 4) is 0 Å². The van der Waals surface area contributed by atoms with Crippen molar-refractivity contribution in [2.24, 2.45) is 0 Å². The molecular weight excluding hydrogens is 356 g/mol. The Balaban J connectivity index is 1.67. The van der Waals surface area contributed by atoms with Gasteiger partial charge in [0, 0.05) is 31.3 Å². The van der Waals surface area contributed by atoms with Crippen molar-refractivity contribution in [3.63, 3.8) is 0 Å². The Hall–Kier alpha value is -2.28. The average Bonchev–Trinajstić information content (AvgIpc) is 3.24. The maximum absolute atomic E-state index is 13.4. The van der Waals surface area contributed by atoms with E-state index in [0.29, 0.717) is 30.9 Å². The Labute approximate surface area is 165 Å². The first kappa shape index (κ1) is 19.1. The highest BCUT2D eigenvalue weighted by molar-refractivity contribution is 6.02. The van der Waals surface area contributed by atoms with Crippen LogP contribution in [0.15, 0.2) is 22.8 Å². The third kappa shape index (κ3) is 3.21. The minimum absolute atomic E-state index is 0.0532. The maximum atomic E-state index is 13.4. The van der Waals surface area contributed by atoms with E-state index in [0.717, 1.165) is 31.2 Å². The topological polar surface area (TPSA) is 70.7 Å². The minimum atomic E-state index is -0.930. The molecule has 2 aromatic rings. The van der Waals surface area contributed by atoms with E-state index in [2.05, 4.69) is 5.32 Å². The first-order chi connectivity index (χ1) is 13.4. The van der Waals surface area contributed by atoms with Gasteiger partial charge in [0.25, 0.3) is 5.91 Å². The summed E-state index contributed by atoms with van der Waals surface area (Å²) in [4.78, 5) is 30.6. The van der Waals surface area contributed by atoms with Crippen LogP contribution in [0.25, 0.3) is 11.1 Å². The van der Waals surface area contributed by atoms with Gasteiger partial charge in [-0.15, -0.1) is 0 Å². The van der Waals surface area contributed by atoms with E-state index in [1.807, 2.05) is 36.6 Å². The zero-order valence-corrected chi connectivity index (χ0v) is 17.0. The van der Waals surface area contributed by atoms with Gasteiger partial charge in [-0.3, -0.25) is 9.59 Å². The van der Waals surface area contributed by atoms with Crippen LogP contribution < -0.4 is 5.32 Å². The molecule has 7 heteroatoms. The van der Waals surface area contributed by atoms with Crippen molar-refractivity contribution >= 4 is 22.9 Å². The van der Waals surface area contributed by atoms with Crippen LogP contribution in [0.1, 0.15) is 49.5 Å². The Bertz CT molecular complexity index is 877. The molecule has 2 amide bonds. The quantitative estimate of drug-likeness (QED) is 0.857. The highest BCUT2D eigenvalue weighted by Gasteiger charge is 2.48. The number of carbonyl (C=O) groups is 2. The summed E-state index contributed by atoms with van der Waals surface area (Å²) in [6, 6.07) is 3.86. The molecule has 1 aliphatic heterocycles. The number of furan rings is 1. The summed E-state index contributed by atoms with van der Waals surface area (Å²) in [5.74, 6) is -0.164. The van der Waals surface area contributed by atoms with Gasteiger partial charge < -0.3 is 24.1 Å². The molecule has 2 aromatic heterocycles. The highest BCUT2D eigenvalue weighted by atomic mass is 16.3. The van der Waals surface area contributed by atoms with Crippen LogP contribution in [-0.4, -0.2) is 64.9 Å². The highest BCUT2D eigenvalue weighted by Crippen LogP contribution is 2.33. The van der Waals surface area contributed by atoms with Gasteiger partial charge >= 0.3 is 0 Å². The molecule has 152 valence electrons. The number of fused-ring (bicyclic) bond motifs is 3. The molecule has 0 spiro atoms. The normalized spacial score (nSPS) is 23.4. The molecule has 1 saturated carbocycles. The number of likely N-dealkylation sites (N-methyl/N-ethyl adjacent to an activating group) is 1. The second-order valence-electron chi connectivity index (χ2n) is 8.63. The second kappa shape index (κ2) is 7.28. The van der Waals surface area contributed by atoms with Gasteiger partial charge in [0.1, 0.15) is 11.2 Å². The Morgan fingerprint density at radius 1 is 1.32 bits per heavy atom. The van der Waals surface area contributed by atoms with E-state index < -0.39 is 5.54 Å². The lowest BCUT2D eigenvalue weighted by Crippen LogP contribution is -2.65. The molecule has 1 N–H and O–H groups in total. The third-order valence-corrected chi connectivity index (χ3v) is 6.25. The third-order valence-electron chi connectivity index (χ3n) is 6.25. The lowest BCUT2D eigenvalue weighted by Gasteiger charge is -2.45. The van der Waals surface area contributed by atoms with Crippen LogP contribution in [0.2, 0.25) is 0 Å². The van der Waals surface area contributed by atoms with Crippen LogP contribution in [0.3, 0.4) is 0 Å². The molecule has 1 atom stereocenters. The summed E-state index contributed by atoms with van der Waals surface area (Å²) in [6.07, 6.45) is 7.22. The van der Waals surface area contributed by atoms with Gasteiger partial charge in [-0.25, -0.2) is 0 Å². The second-order valence-corrected chi connectivity index (χ2v) is 8.63. The van der Waals surface area contributed by atoms with E-state index in [4.69, 9.17) is 4.42 Å². The SMILES string of the molecule is CN(C)CCN1C(=O)c2cc3occc3n2C[C@]1(C)C(=O)NC1CCCCC1. The van der Waals surface area contributed by atoms with E-state index in [-0.39, 0.29) is 17.9 Å². The van der Waals surface area contributed by atoms with Crippen LogP contribution in [0.5, 0.6) is 0 Å². The fraction of sp³-hybridized carbons (Fsp3) is 0.619. The van der Waals surface area contributed by atoms with Gasteiger partial charge in [-0.1, -0.05) is 19.3 Å². The predicted molar refractivity (Wildman–Crippen MR) is 107 cm³/mol. The molecule has 0 unspecified atom stereocenters. The summed E-state index contributed by atoms with van der Waals surface area (Å²) < 4.78 is 7.44. The fourth-order valence-electron chi connectivity index (χ4n) is 4.51. The van der Waals surface area contributed by atoms with Crippen LogP contribution in [0, 0.1) is 0 Å². The number of nitrogens with zero attached hydrogens (tertiary/aromatic N) is 3. The number of nitrogens with one attached hydrogen (secondary N) is 1. The van der Waals surface area contributed by atoms with Crippen molar-refractivity contribution in [1.82, 2.24) is 19.7 Å². The van der Waals surface area contributed by atoms with E-state index in [1.165, 1.54) is 6.42 Å². The number of carbonyl (C=O) groups excluding carboxylic acids is 2. The molecule has 3 heterocycles. The summed E-state index contributed by atoms with van der Waals surface area (Å²) in [7, 11) is 3.95. The number of amides is 2. The van der Waals surface area contributed by atoms with Crippen molar-refractivity contribution in [3.05, 3.63) is 24.1 Å². The first-order valence-corrected chi connectivity index (χ1v) is 10.2. The van der Waals surface area contributed by atoms with Gasteiger partial charge in [-0.05, 0) is 33.9 Å². The number of hydrogen-bond acceptors (Lipinski definition) is 4. The monoisotopic (exact) mass is 386 g/mol. The Kier molecular flexibility index (Phi) is 4.95. The largest absolute Gasteiger partial charge is 0.463 e. The minimum Gasteiger partial charge on any atom is -0.463 e. The summed E-state index contributed by atoms with van der Waals surface area (Å²) in [5.41, 5.74) is 1.22. The van der Waals surface area contributed by atoms with Gasteiger partial charge in [0.15, 0.2) is 5.58 Å². The molecule has 0 radical (unpaired) electrons. The summed E-state index contributed by atoms with van der Waals surface area (Å²) >= 11 is 0. The van der Waals surface area contributed by atoms with Crippen LogP contribution in [0.4, 0.5) is 0 Å². The Morgan fingerprint density at radius 3 is 2.79 bits per heavy atom. The van der Waals surface area contributed by atoms with Crippen molar-refractivity contribution in [1.29, 1.82) is 0 Å². The molecule has 1 fully saturated rings. The standard InChI is InChI=1S/C21H30N4O3/c1-21(20(27)22-15-7-5-4-6-8-15)14-24-16-9-12-28-18(16)13-17(24)19(26)25(21)11-10-23(2)3/h9,12-13,15H,4-8,10-11,14H2,1-3H3,(H,22,27)/t21-/m1/s1. The van der Waals surface area contributed by atoms with Gasteiger partial charge in [0.2, 0.25) is 5.91 Å². The molecule has 28 heavy (non-hydrogen) atoms. The lowest BCUT2D eigenvalue weighted by molar-refractivity contribution is -0.133. The van der Waals surface area contributed by atoms with Gasteiger partial charge in [0.05, 0.1) is 18.3 Å². The number of rotatable bonds is 5. The first-order valence-electron chi connectivity index (χ1n) is 10.2. The fourth-order valence-corrected chi connectivity index (χ4v) is 4.51. The van der Waals surface area contributed by atoms with E-state index in [9.17, 15) is 9.59 Å². The summed E-state index contributed by atoms with van der Waals surface area (Å²) in [6.45, 7) is 3.54. The Morgan fingerprint density at radius 2 is 2.07 bits per heavy atom. The zero-order chi connectivity index (χ0) is 19.9. The van der Waals surface area contributed by atoms with Crippen LogP contribution >= 0.6 is 0 Å².